The van der Waals surface area contributed by atoms with Gasteiger partial charge >= 0.3 is 5.97 Å². The molecule has 2 atom stereocenters. The van der Waals surface area contributed by atoms with Crippen LogP contribution in [0.2, 0.25) is 0 Å². The fourth-order valence-electron chi connectivity index (χ4n) is 4.17. The van der Waals surface area contributed by atoms with E-state index >= 15 is 0 Å². The van der Waals surface area contributed by atoms with Crippen LogP contribution in [0.25, 0.3) is 6.08 Å². The van der Waals surface area contributed by atoms with Crippen LogP contribution < -0.4 is 0 Å². The molecule has 2 aliphatic rings. The van der Waals surface area contributed by atoms with Gasteiger partial charge in [0.05, 0.1) is 31.8 Å². The number of piperidine rings is 1. The van der Waals surface area contributed by atoms with Crippen molar-refractivity contribution in [1.82, 2.24) is 19.9 Å². The Bertz CT molecular complexity index is 1040. The fraction of sp³-hybridized carbons (Fsp3) is 0.500. The molecule has 2 aromatic rings. The number of nitrogens with zero attached hydrogens (tertiary/aromatic N) is 4. The highest BCUT2D eigenvalue weighted by molar-refractivity contribution is 7.81. The van der Waals surface area contributed by atoms with Gasteiger partial charge in [-0.25, -0.2) is 4.39 Å². The van der Waals surface area contributed by atoms with Crippen molar-refractivity contribution in [3.8, 4) is 0 Å². The maximum atomic E-state index is 14.7. The predicted molar refractivity (Wildman–Crippen MR) is 125 cm³/mol. The van der Waals surface area contributed by atoms with Crippen LogP contribution in [0.4, 0.5) is 4.39 Å². The van der Waals surface area contributed by atoms with Crippen molar-refractivity contribution >= 4 is 30.5 Å². The molecular formula is C24H29FN4O3S. The summed E-state index contributed by atoms with van der Waals surface area (Å²) in [5, 5.41) is 8.67. The van der Waals surface area contributed by atoms with Crippen LogP contribution >= 0.6 is 12.6 Å². The fourth-order valence-corrected chi connectivity index (χ4v) is 4.44. The molecule has 2 fully saturated rings. The predicted octanol–water partition coefficient (Wildman–Crippen LogP) is 3.48. The number of aromatic nitrogens is 3. The molecule has 2 unspecified atom stereocenters. The molecule has 0 bridgehead atoms. The van der Waals surface area contributed by atoms with Gasteiger partial charge in [0.1, 0.15) is 11.5 Å². The Morgan fingerprint density at radius 1 is 1.30 bits per heavy atom. The second kappa shape index (κ2) is 10.6. The number of halogens is 1. The minimum absolute atomic E-state index is 0.0169. The molecule has 2 heterocycles. The number of carbonyl (C=O) groups is 2. The number of thiol groups is 1. The Kier molecular flexibility index (Phi) is 7.60. The molecule has 9 heteroatoms. The molecule has 1 aromatic heterocycles. The quantitative estimate of drug-likeness (QED) is 0.445. The Morgan fingerprint density at radius 3 is 2.82 bits per heavy atom. The standard InChI is InChI=1S/C24H29FN4O3S/c1-2-32-22(30)10-12-29-26-14-18(27-29)13-17-15-28(11-9-21(17)33)23(24(31)16-7-8-16)19-5-3-4-6-20(19)25/h3-6,13-14,16,21,23,33H,2,7-12,15H2,1H3/b17-13-. The van der Waals surface area contributed by atoms with Gasteiger partial charge in [-0.3, -0.25) is 14.5 Å². The molecule has 1 aliphatic carbocycles. The van der Waals surface area contributed by atoms with E-state index in [-0.39, 0.29) is 35.2 Å². The van der Waals surface area contributed by atoms with E-state index in [2.05, 4.69) is 15.1 Å². The van der Waals surface area contributed by atoms with Gasteiger partial charge in [0, 0.05) is 29.8 Å². The summed E-state index contributed by atoms with van der Waals surface area (Å²) in [5.74, 6) is -0.510. The maximum absolute atomic E-state index is 14.7. The summed E-state index contributed by atoms with van der Waals surface area (Å²) < 4.78 is 19.6. The lowest BCUT2D eigenvalue weighted by Crippen LogP contribution is -2.42. The summed E-state index contributed by atoms with van der Waals surface area (Å²) in [6.45, 7) is 3.62. The molecule has 4 rings (SSSR count). The van der Waals surface area contributed by atoms with Gasteiger partial charge in [-0.15, -0.1) is 0 Å². The lowest BCUT2D eigenvalue weighted by molar-refractivity contribution is -0.143. The van der Waals surface area contributed by atoms with Gasteiger partial charge in [-0.1, -0.05) is 18.2 Å². The molecular weight excluding hydrogens is 443 g/mol. The van der Waals surface area contributed by atoms with Crippen molar-refractivity contribution in [3.05, 3.63) is 53.1 Å². The lowest BCUT2D eigenvalue weighted by atomic mass is 9.93. The average molecular weight is 473 g/mol. The van der Waals surface area contributed by atoms with E-state index in [4.69, 9.17) is 17.4 Å². The average Bonchev–Trinajstić information content (AvgIpc) is 3.56. The number of rotatable bonds is 9. The highest BCUT2D eigenvalue weighted by Crippen LogP contribution is 2.39. The smallest absolute Gasteiger partial charge is 0.307 e. The number of Topliss-reactive ketones (excluding diaryl/α,β-unsaturated/α-hetero) is 1. The van der Waals surface area contributed by atoms with Crippen molar-refractivity contribution < 1.29 is 18.7 Å². The lowest BCUT2D eigenvalue weighted by Gasteiger charge is -2.37. The van der Waals surface area contributed by atoms with Crippen molar-refractivity contribution in [2.75, 3.05) is 19.7 Å². The Labute approximate surface area is 198 Å². The number of aryl methyl sites for hydroxylation is 1. The first-order chi connectivity index (χ1) is 16.0. The van der Waals surface area contributed by atoms with Crippen molar-refractivity contribution in [1.29, 1.82) is 0 Å². The number of hydrogen-bond acceptors (Lipinski definition) is 7. The maximum Gasteiger partial charge on any atom is 0.307 e. The minimum Gasteiger partial charge on any atom is -0.466 e. The number of likely N-dealkylation sites (tertiary alicyclic amines) is 1. The Balaban J connectivity index is 1.51. The second-order valence-corrected chi connectivity index (χ2v) is 9.14. The van der Waals surface area contributed by atoms with Crippen LogP contribution in [0.15, 0.2) is 36.0 Å². The first-order valence-corrected chi connectivity index (χ1v) is 11.9. The monoisotopic (exact) mass is 472 g/mol. The molecule has 0 N–H and O–H groups in total. The van der Waals surface area contributed by atoms with Crippen molar-refractivity contribution in [2.45, 2.75) is 50.4 Å². The third-order valence-electron chi connectivity index (χ3n) is 6.03. The summed E-state index contributed by atoms with van der Waals surface area (Å²) in [6.07, 6.45) is 6.28. The summed E-state index contributed by atoms with van der Waals surface area (Å²) in [7, 11) is 0. The minimum atomic E-state index is -0.594. The Morgan fingerprint density at radius 2 is 2.09 bits per heavy atom. The van der Waals surface area contributed by atoms with E-state index in [1.807, 2.05) is 6.08 Å². The molecule has 0 radical (unpaired) electrons. The van der Waals surface area contributed by atoms with Crippen LogP contribution in [0, 0.1) is 11.7 Å². The summed E-state index contributed by atoms with van der Waals surface area (Å²) in [4.78, 5) is 28.3. The highest BCUT2D eigenvalue weighted by Gasteiger charge is 2.40. The Hall–Kier alpha value is -2.52. The largest absolute Gasteiger partial charge is 0.466 e. The number of esters is 1. The molecule has 33 heavy (non-hydrogen) atoms. The SMILES string of the molecule is CCOC(=O)CCn1ncc(/C=C2/CN(C(C(=O)C3CC3)c3ccccc3F)CCC2S)n1. The van der Waals surface area contributed by atoms with Gasteiger partial charge in [-0.05, 0) is 43.9 Å². The van der Waals surface area contributed by atoms with E-state index in [1.54, 1.807) is 31.3 Å². The number of hydrogen-bond donors (Lipinski definition) is 1. The zero-order valence-corrected chi connectivity index (χ0v) is 19.6. The number of ether oxygens (including phenoxy) is 1. The van der Waals surface area contributed by atoms with E-state index in [0.29, 0.717) is 37.5 Å². The zero-order valence-electron chi connectivity index (χ0n) is 18.7. The van der Waals surface area contributed by atoms with E-state index < -0.39 is 6.04 Å². The number of carbonyl (C=O) groups excluding carboxylic acids is 2. The van der Waals surface area contributed by atoms with E-state index in [1.165, 1.54) is 10.9 Å². The summed E-state index contributed by atoms with van der Waals surface area (Å²) in [5.41, 5.74) is 2.11. The molecule has 1 saturated heterocycles. The van der Waals surface area contributed by atoms with Gasteiger partial charge in [0.2, 0.25) is 0 Å². The molecule has 0 spiro atoms. The van der Waals surface area contributed by atoms with Gasteiger partial charge in [0.15, 0.2) is 5.78 Å². The first kappa shape index (κ1) is 23.6. The van der Waals surface area contributed by atoms with Crippen LogP contribution in [-0.2, 0) is 20.9 Å². The van der Waals surface area contributed by atoms with Crippen molar-refractivity contribution in [2.24, 2.45) is 5.92 Å². The van der Waals surface area contributed by atoms with Crippen LogP contribution in [0.5, 0.6) is 0 Å². The number of benzene rings is 1. The molecule has 176 valence electrons. The first-order valence-electron chi connectivity index (χ1n) is 11.4. The van der Waals surface area contributed by atoms with Gasteiger partial charge in [0.25, 0.3) is 0 Å². The summed E-state index contributed by atoms with van der Waals surface area (Å²) in [6, 6.07) is 5.96. The van der Waals surface area contributed by atoms with E-state index in [0.717, 1.165) is 24.8 Å². The zero-order chi connectivity index (χ0) is 23.4. The molecule has 7 nitrogen and oxygen atoms in total. The van der Waals surface area contributed by atoms with Crippen LogP contribution in [0.1, 0.15) is 49.9 Å². The molecule has 1 aromatic carbocycles. The third kappa shape index (κ3) is 5.89. The van der Waals surface area contributed by atoms with E-state index in [9.17, 15) is 14.0 Å². The van der Waals surface area contributed by atoms with Crippen molar-refractivity contribution in [3.63, 3.8) is 0 Å². The summed E-state index contributed by atoms with van der Waals surface area (Å²) >= 11 is 4.74. The van der Waals surface area contributed by atoms with Gasteiger partial charge < -0.3 is 4.74 Å². The van der Waals surface area contributed by atoms with Crippen LogP contribution in [-0.4, -0.2) is 56.6 Å². The molecule has 1 saturated carbocycles. The highest BCUT2D eigenvalue weighted by atomic mass is 32.1. The van der Waals surface area contributed by atoms with Gasteiger partial charge in [-0.2, -0.15) is 27.6 Å². The third-order valence-corrected chi connectivity index (χ3v) is 6.62. The number of ketones is 1. The normalized spacial score (nSPS) is 21.2. The topological polar surface area (TPSA) is 77.3 Å². The van der Waals surface area contributed by atoms with Crippen LogP contribution in [0.3, 0.4) is 0 Å². The second-order valence-electron chi connectivity index (χ2n) is 8.52. The molecule has 1 aliphatic heterocycles. The molecule has 0 amide bonds.